The van der Waals surface area contributed by atoms with E-state index in [9.17, 15) is 4.79 Å². The Bertz CT molecular complexity index is 1000. The lowest BCUT2D eigenvalue weighted by molar-refractivity contribution is 0.343. The molecule has 0 amide bonds. The molecule has 0 unspecified atom stereocenters. The Morgan fingerprint density at radius 1 is 1.00 bits per heavy atom. The zero-order valence-corrected chi connectivity index (χ0v) is 15.2. The van der Waals surface area contributed by atoms with Crippen LogP contribution < -0.4 is 10.5 Å². The molecule has 0 atom stereocenters. The Labute approximate surface area is 157 Å². The second kappa shape index (κ2) is 6.94. The number of rotatable bonds is 2. The number of halogens is 1. The second-order valence-electron chi connectivity index (χ2n) is 6.43. The summed E-state index contributed by atoms with van der Waals surface area (Å²) in [5.74, 6) is 0. The molecule has 26 heavy (non-hydrogen) atoms. The van der Waals surface area contributed by atoms with E-state index in [1.54, 1.807) is 12.3 Å². The first kappa shape index (κ1) is 16.8. The van der Waals surface area contributed by atoms with Crippen molar-refractivity contribution in [3.63, 3.8) is 0 Å². The van der Waals surface area contributed by atoms with Gasteiger partial charge in [0.2, 0.25) is 0 Å². The highest BCUT2D eigenvalue weighted by atomic mass is 35.5. The maximum absolute atomic E-state index is 12.2. The van der Waals surface area contributed by atoms with E-state index in [2.05, 4.69) is 28.0 Å². The predicted molar refractivity (Wildman–Crippen MR) is 105 cm³/mol. The number of para-hydroxylation sites is 1. The summed E-state index contributed by atoms with van der Waals surface area (Å²) in [6, 6.07) is 17.0. The minimum atomic E-state index is -0.150. The van der Waals surface area contributed by atoms with Crippen LogP contribution in [-0.4, -0.2) is 34.8 Å². The second-order valence-corrected chi connectivity index (χ2v) is 6.83. The molecule has 3 aromatic rings. The summed E-state index contributed by atoms with van der Waals surface area (Å²) >= 11 is 6.47. The van der Waals surface area contributed by atoms with E-state index >= 15 is 0 Å². The van der Waals surface area contributed by atoms with Gasteiger partial charge in [-0.25, -0.2) is 0 Å². The molecule has 6 heteroatoms. The summed E-state index contributed by atoms with van der Waals surface area (Å²) in [7, 11) is 2.11. The molecule has 5 nitrogen and oxygen atoms in total. The van der Waals surface area contributed by atoms with E-state index in [4.69, 9.17) is 11.6 Å². The standard InChI is InChI=1S/C20H19ClN4O/c1-23-11-12-24(18-6-3-2-5-17(18)21)19-13-16(9-8-15(19)14-23)25-20(26)7-4-10-22-25/h2-10,13H,11-12,14H2,1H3. The fraction of sp³-hybridized carbons (Fsp3) is 0.200. The third-order valence-electron chi connectivity index (χ3n) is 4.61. The van der Waals surface area contributed by atoms with E-state index < -0.39 is 0 Å². The average molecular weight is 367 g/mol. The number of nitrogens with zero attached hydrogens (tertiary/aromatic N) is 4. The molecule has 1 aromatic heterocycles. The normalized spacial score (nSPS) is 14.8. The van der Waals surface area contributed by atoms with Crippen LogP contribution in [0.3, 0.4) is 0 Å². The molecule has 2 aromatic carbocycles. The zero-order chi connectivity index (χ0) is 18.1. The van der Waals surface area contributed by atoms with Gasteiger partial charge in [-0.15, -0.1) is 0 Å². The first-order valence-corrected chi connectivity index (χ1v) is 8.89. The van der Waals surface area contributed by atoms with Crippen molar-refractivity contribution in [2.45, 2.75) is 6.54 Å². The molecule has 0 saturated heterocycles. The van der Waals surface area contributed by atoms with Crippen LogP contribution >= 0.6 is 11.6 Å². The van der Waals surface area contributed by atoms with Gasteiger partial charge in [-0.3, -0.25) is 4.79 Å². The van der Waals surface area contributed by atoms with Crippen molar-refractivity contribution in [3.8, 4) is 5.69 Å². The van der Waals surface area contributed by atoms with Gasteiger partial charge < -0.3 is 9.80 Å². The molecule has 0 N–H and O–H groups in total. The molecule has 2 heterocycles. The summed E-state index contributed by atoms with van der Waals surface area (Å²) in [5, 5.41) is 4.91. The van der Waals surface area contributed by atoms with Crippen LogP contribution in [-0.2, 0) is 6.54 Å². The zero-order valence-electron chi connectivity index (χ0n) is 14.5. The summed E-state index contributed by atoms with van der Waals surface area (Å²) in [5.41, 5.74) is 3.81. The van der Waals surface area contributed by atoms with Crippen molar-refractivity contribution in [2.75, 3.05) is 25.0 Å². The molecule has 1 aliphatic rings. The van der Waals surface area contributed by atoms with Crippen LogP contribution in [0.5, 0.6) is 0 Å². The number of benzene rings is 2. The van der Waals surface area contributed by atoms with Gasteiger partial charge in [0.15, 0.2) is 0 Å². The Kier molecular flexibility index (Phi) is 4.49. The average Bonchev–Trinajstić information content (AvgIpc) is 2.80. The quantitative estimate of drug-likeness (QED) is 0.696. The largest absolute Gasteiger partial charge is 0.339 e. The van der Waals surface area contributed by atoms with Crippen molar-refractivity contribution in [1.82, 2.24) is 14.7 Å². The molecular formula is C20H19ClN4O. The van der Waals surface area contributed by atoms with Gasteiger partial charge >= 0.3 is 0 Å². The topological polar surface area (TPSA) is 41.4 Å². The van der Waals surface area contributed by atoms with Crippen molar-refractivity contribution >= 4 is 23.0 Å². The first-order valence-electron chi connectivity index (χ1n) is 8.52. The lowest BCUT2D eigenvalue weighted by atomic mass is 10.1. The van der Waals surface area contributed by atoms with Crippen molar-refractivity contribution < 1.29 is 0 Å². The number of aromatic nitrogens is 2. The van der Waals surface area contributed by atoms with Crippen LogP contribution in [0.4, 0.5) is 11.4 Å². The molecule has 0 bridgehead atoms. The molecule has 4 rings (SSSR count). The number of fused-ring (bicyclic) bond motifs is 1. The van der Waals surface area contributed by atoms with Crippen LogP contribution in [0.1, 0.15) is 5.56 Å². The molecule has 132 valence electrons. The Morgan fingerprint density at radius 3 is 2.65 bits per heavy atom. The van der Waals surface area contributed by atoms with Crippen LogP contribution in [0.15, 0.2) is 65.6 Å². The maximum atomic E-state index is 12.2. The summed E-state index contributed by atoms with van der Waals surface area (Å²) < 4.78 is 1.42. The lowest BCUT2D eigenvalue weighted by Crippen LogP contribution is -2.26. The molecule has 0 spiro atoms. The Morgan fingerprint density at radius 2 is 1.85 bits per heavy atom. The summed E-state index contributed by atoms with van der Waals surface area (Å²) in [6.07, 6.45) is 1.62. The van der Waals surface area contributed by atoms with Gasteiger partial charge in [0.1, 0.15) is 0 Å². The van der Waals surface area contributed by atoms with E-state index in [1.807, 2.05) is 36.4 Å². The minimum absolute atomic E-state index is 0.150. The molecule has 0 fully saturated rings. The van der Waals surface area contributed by atoms with Crippen LogP contribution in [0, 0.1) is 0 Å². The molecule has 0 radical (unpaired) electrons. The van der Waals surface area contributed by atoms with E-state index in [1.165, 1.54) is 16.3 Å². The van der Waals surface area contributed by atoms with Gasteiger partial charge in [-0.1, -0.05) is 29.8 Å². The Hall–Kier alpha value is -2.63. The van der Waals surface area contributed by atoms with Crippen LogP contribution in [0.25, 0.3) is 5.69 Å². The smallest absolute Gasteiger partial charge is 0.271 e. The number of anilines is 2. The molecule has 0 saturated carbocycles. The predicted octanol–water partition coefficient (Wildman–Crippen LogP) is 3.47. The highest BCUT2D eigenvalue weighted by molar-refractivity contribution is 6.33. The van der Waals surface area contributed by atoms with Crippen molar-refractivity contribution in [2.24, 2.45) is 0 Å². The van der Waals surface area contributed by atoms with E-state index in [-0.39, 0.29) is 5.56 Å². The highest BCUT2D eigenvalue weighted by Gasteiger charge is 2.21. The Balaban J connectivity index is 1.88. The molecular weight excluding hydrogens is 348 g/mol. The third kappa shape index (κ3) is 3.11. The first-order chi connectivity index (χ1) is 12.6. The fourth-order valence-electron chi connectivity index (χ4n) is 3.30. The lowest BCUT2D eigenvalue weighted by Gasteiger charge is -2.26. The SMILES string of the molecule is CN1CCN(c2ccccc2Cl)c2cc(-n3ncccc3=O)ccc2C1. The fourth-order valence-corrected chi connectivity index (χ4v) is 3.54. The number of hydrogen-bond acceptors (Lipinski definition) is 4. The van der Waals surface area contributed by atoms with Gasteiger partial charge in [0.05, 0.1) is 16.4 Å². The third-order valence-corrected chi connectivity index (χ3v) is 4.93. The maximum Gasteiger partial charge on any atom is 0.271 e. The minimum Gasteiger partial charge on any atom is -0.339 e. The van der Waals surface area contributed by atoms with Crippen molar-refractivity contribution in [3.05, 3.63) is 81.7 Å². The number of likely N-dealkylation sites (N-methyl/N-ethyl adjacent to an activating group) is 1. The van der Waals surface area contributed by atoms with E-state index in [0.717, 1.165) is 36.7 Å². The van der Waals surface area contributed by atoms with Gasteiger partial charge in [0, 0.05) is 37.6 Å². The number of hydrogen-bond donors (Lipinski definition) is 0. The van der Waals surface area contributed by atoms with Crippen LogP contribution in [0.2, 0.25) is 5.02 Å². The molecule has 1 aliphatic heterocycles. The summed E-state index contributed by atoms with van der Waals surface area (Å²) in [4.78, 5) is 16.7. The van der Waals surface area contributed by atoms with Crippen molar-refractivity contribution in [1.29, 1.82) is 0 Å². The highest BCUT2D eigenvalue weighted by Crippen LogP contribution is 2.36. The summed E-state index contributed by atoms with van der Waals surface area (Å²) in [6.45, 7) is 2.57. The molecule has 0 aliphatic carbocycles. The monoisotopic (exact) mass is 366 g/mol. The van der Waals surface area contributed by atoms with Gasteiger partial charge in [-0.05, 0) is 42.9 Å². The van der Waals surface area contributed by atoms with Gasteiger partial charge in [0.25, 0.3) is 5.56 Å². The van der Waals surface area contributed by atoms with Gasteiger partial charge in [-0.2, -0.15) is 9.78 Å². The van der Waals surface area contributed by atoms with E-state index in [0.29, 0.717) is 5.02 Å².